The number of hydrogen-bond donors (Lipinski definition) is 1. The van der Waals surface area contributed by atoms with Gasteiger partial charge in [0, 0.05) is 5.41 Å². The van der Waals surface area contributed by atoms with Gasteiger partial charge in [0.25, 0.3) is 0 Å². The summed E-state index contributed by atoms with van der Waals surface area (Å²) in [5.74, 6) is 0.155. The molecule has 0 radical (unpaired) electrons. The van der Waals surface area contributed by atoms with Gasteiger partial charge in [0.1, 0.15) is 12.7 Å². The van der Waals surface area contributed by atoms with Crippen LogP contribution < -0.4 is 0 Å². The highest BCUT2D eigenvalue weighted by Crippen LogP contribution is 2.63. The van der Waals surface area contributed by atoms with E-state index in [1.165, 1.54) is 5.57 Å². The summed E-state index contributed by atoms with van der Waals surface area (Å²) in [6, 6.07) is 0. The first-order valence-corrected chi connectivity index (χ1v) is 10.7. The van der Waals surface area contributed by atoms with Crippen molar-refractivity contribution in [3.63, 3.8) is 0 Å². The first-order valence-electron chi connectivity index (χ1n) is 9.71. The molecule has 0 spiro atoms. The molecular weight excluding hydrogens is 368 g/mol. The van der Waals surface area contributed by atoms with Crippen LogP contribution >= 0.6 is 0 Å². The molecule has 0 amide bonds. The van der Waals surface area contributed by atoms with Crippen LogP contribution in [0.3, 0.4) is 0 Å². The van der Waals surface area contributed by atoms with Crippen LogP contribution in [0.5, 0.6) is 0 Å². The summed E-state index contributed by atoms with van der Waals surface area (Å²) >= 11 is -1.65. The zero-order valence-electron chi connectivity index (χ0n) is 15.9. The summed E-state index contributed by atoms with van der Waals surface area (Å²) in [5.41, 5.74) is 1.39. The van der Waals surface area contributed by atoms with Crippen molar-refractivity contribution in [2.45, 2.75) is 58.2 Å². The fourth-order valence-electron chi connectivity index (χ4n) is 5.98. The van der Waals surface area contributed by atoms with Crippen LogP contribution in [0.15, 0.2) is 23.8 Å². The Morgan fingerprint density at radius 3 is 2.81 bits per heavy atom. The van der Waals surface area contributed by atoms with E-state index in [2.05, 4.69) is 20.4 Å². The number of carbonyl (C=O) groups excluding carboxylic acids is 1. The molecule has 2 saturated carbocycles. The Labute approximate surface area is 162 Å². The molecule has 4 aliphatic rings. The molecule has 2 heterocycles. The number of aliphatic hydroxyl groups is 1. The van der Waals surface area contributed by atoms with Crippen molar-refractivity contribution in [2.24, 2.45) is 22.7 Å². The van der Waals surface area contributed by atoms with Gasteiger partial charge in [-0.2, -0.15) is 4.21 Å². The minimum atomic E-state index is -1.65. The van der Waals surface area contributed by atoms with Crippen LogP contribution in [-0.2, 0) is 29.3 Å². The maximum atomic E-state index is 11.8. The van der Waals surface area contributed by atoms with Crippen molar-refractivity contribution in [1.29, 1.82) is 0 Å². The third-order valence-electron chi connectivity index (χ3n) is 7.52. The molecule has 7 atom stereocenters. The van der Waals surface area contributed by atoms with E-state index >= 15 is 0 Å². The highest BCUT2D eigenvalue weighted by Gasteiger charge is 2.60. The van der Waals surface area contributed by atoms with Gasteiger partial charge in [-0.1, -0.05) is 32.1 Å². The molecule has 4 fully saturated rings. The molecule has 27 heavy (non-hydrogen) atoms. The summed E-state index contributed by atoms with van der Waals surface area (Å²) in [6.45, 7) is 9.32. The number of esters is 1. The fraction of sp³-hybridized carbons (Fsp3) is 0.750. The molecule has 0 unspecified atom stereocenters. The third kappa shape index (κ3) is 3.03. The molecule has 6 nitrogen and oxygen atoms in total. The van der Waals surface area contributed by atoms with E-state index in [9.17, 15) is 14.1 Å². The van der Waals surface area contributed by atoms with Crippen molar-refractivity contribution >= 4 is 17.3 Å². The maximum Gasteiger partial charge on any atom is 0.336 e. The molecule has 150 valence electrons. The highest BCUT2D eigenvalue weighted by atomic mass is 32.2. The lowest BCUT2D eigenvalue weighted by Gasteiger charge is -2.61. The predicted molar refractivity (Wildman–Crippen MR) is 99.4 cm³/mol. The minimum Gasteiger partial charge on any atom is -0.459 e. The molecule has 0 aromatic carbocycles. The molecule has 0 bridgehead atoms. The van der Waals surface area contributed by atoms with E-state index in [1.54, 1.807) is 0 Å². The Morgan fingerprint density at radius 1 is 1.33 bits per heavy atom. The van der Waals surface area contributed by atoms with E-state index in [-0.39, 0.29) is 29.5 Å². The number of carbonyl (C=O) groups is 1. The van der Waals surface area contributed by atoms with Gasteiger partial charge in [-0.3, -0.25) is 8.37 Å². The molecular formula is C20H28O6S. The SMILES string of the molecule is C=C1CC[C@@H]2[C@]3(C)CO[S@](=O)O[C@@H]3CC[C@@]2(C)[C@@H]1C/C=C1/C(=O)OC[C@H]1O. The molecule has 4 rings (SSSR count). The highest BCUT2D eigenvalue weighted by molar-refractivity contribution is 7.75. The number of hydrogen-bond acceptors (Lipinski definition) is 6. The van der Waals surface area contributed by atoms with Crippen LogP contribution in [0.2, 0.25) is 0 Å². The lowest BCUT2D eigenvalue weighted by atomic mass is 9.46. The van der Waals surface area contributed by atoms with Gasteiger partial charge in [-0.15, -0.1) is 0 Å². The summed E-state index contributed by atoms with van der Waals surface area (Å²) in [4.78, 5) is 11.8. The minimum absolute atomic E-state index is 0.00332. The van der Waals surface area contributed by atoms with Gasteiger partial charge in [-0.25, -0.2) is 4.79 Å². The van der Waals surface area contributed by atoms with Crippen LogP contribution in [0.1, 0.15) is 46.0 Å². The number of allylic oxidation sites excluding steroid dienone is 2. The standard InChI is InChI=1S/C20H28O6S/c1-12-4-7-16-19(2,9-8-17-20(16,3)11-25-27(23)26-17)14(12)6-5-13-15(21)10-24-18(13)22/h5,14-17,21H,1,4,6-11H2,2-3H3/b13-5+/t14-,15-,16+,17-,19+,20+,27+/m1/s1. The van der Waals surface area contributed by atoms with E-state index in [0.717, 1.165) is 25.7 Å². The van der Waals surface area contributed by atoms with Crippen molar-refractivity contribution in [2.75, 3.05) is 13.2 Å². The number of rotatable bonds is 2. The lowest BCUT2D eigenvalue weighted by molar-refractivity contribution is -0.154. The second kappa shape index (κ2) is 6.79. The molecule has 0 aromatic rings. The number of ether oxygens (including phenoxy) is 1. The number of aliphatic hydroxyl groups excluding tert-OH is 1. The van der Waals surface area contributed by atoms with Gasteiger partial charge in [0.15, 0.2) is 0 Å². The van der Waals surface area contributed by atoms with Gasteiger partial charge in [0.05, 0.1) is 18.3 Å². The Kier molecular flexibility index (Phi) is 4.86. The van der Waals surface area contributed by atoms with Crippen molar-refractivity contribution in [1.82, 2.24) is 0 Å². The van der Waals surface area contributed by atoms with Gasteiger partial charge >= 0.3 is 17.3 Å². The molecule has 1 N–H and O–H groups in total. The second-order valence-corrected chi connectivity index (χ2v) is 9.75. The summed E-state index contributed by atoms with van der Waals surface area (Å²) in [5, 5.41) is 9.97. The fourth-order valence-corrected chi connectivity index (χ4v) is 6.90. The van der Waals surface area contributed by atoms with Crippen LogP contribution in [0, 0.1) is 22.7 Å². The first kappa shape index (κ1) is 19.3. The molecule has 2 aliphatic carbocycles. The van der Waals surface area contributed by atoms with E-state index < -0.39 is 23.4 Å². The molecule has 2 aliphatic heterocycles. The van der Waals surface area contributed by atoms with Gasteiger partial charge in [-0.05, 0) is 49.4 Å². The molecule has 0 aromatic heterocycles. The first-order chi connectivity index (χ1) is 12.8. The normalized spacial score (nSPS) is 48.9. The van der Waals surface area contributed by atoms with E-state index in [0.29, 0.717) is 24.5 Å². The third-order valence-corrected chi connectivity index (χ3v) is 8.22. The van der Waals surface area contributed by atoms with E-state index in [1.807, 2.05) is 6.08 Å². The predicted octanol–water partition coefficient (Wildman–Crippen LogP) is 2.60. The Hall–Kier alpha value is -1.02. The topological polar surface area (TPSA) is 82.1 Å². The van der Waals surface area contributed by atoms with Crippen LogP contribution in [0.25, 0.3) is 0 Å². The maximum absolute atomic E-state index is 11.8. The lowest BCUT2D eigenvalue weighted by Crippen LogP contribution is -2.60. The van der Waals surface area contributed by atoms with E-state index in [4.69, 9.17) is 13.1 Å². The average Bonchev–Trinajstić information content (AvgIpc) is 2.93. The Balaban J connectivity index is 1.62. The van der Waals surface area contributed by atoms with Gasteiger partial charge < -0.3 is 9.84 Å². The van der Waals surface area contributed by atoms with Gasteiger partial charge in [0.2, 0.25) is 0 Å². The number of cyclic esters (lactones) is 1. The van der Waals surface area contributed by atoms with Crippen LogP contribution in [0.4, 0.5) is 0 Å². The second-order valence-electron chi connectivity index (χ2n) is 8.91. The monoisotopic (exact) mass is 396 g/mol. The van der Waals surface area contributed by atoms with Crippen LogP contribution in [-0.4, -0.2) is 40.7 Å². The molecule has 2 saturated heterocycles. The molecule has 7 heteroatoms. The smallest absolute Gasteiger partial charge is 0.336 e. The van der Waals surface area contributed by atoms with Crippen molar-refractivity contribution in [3.8, 4) is 0 Å². The largest absolute Gasteiger partial charge is 0.459 e. The number of fused-ring (bicyclic) bond motifs is 3. The van der Waals surface area contributed by atoms with Crippen molar-refractivity contribution < 1.29 is 27.2 Å². The average molecular weight is 397 g/mol. The summed E-state index contributed by atoms with van der Waals surface area (Å²) < 4.78 is 27.7. The summed E-state index contributed by atoms with van der Waals surface area (Å²) in [6.07, 6.45) is 5.36. The quantitative estimate of drug-likeness (QED) is 0.439. The summed E-state index contributed by atoms with van der Waals surface area (Å²) in [7, 11) is 0. The zero-order chi connectivity index (χ0) is 19.4. The Bertz CT molecular complexity index is 717. The zero-order valence-corrected chi connectivity index (χ0v) is 16.8. The Morgan fingerprint density at radius 2 is 2.11 bits per heavy atom. The van der Waals surface area contributed by atoms with Crippen molar-refractivity contribution in [3.05, 3.63) is 23.8 Å².